The molecule has 0 aliphatic rings. The number of nitrogens with one attached hydrogen (secondary N) is 2. The lowest BCUT2D eigenvalue weighted by atomic mass is 10.2. The second-order valence-corrected chi connectivity index (χ2v) is 8.14. The van der Waals surface area contributed by atoms with Gasteiger partial charge in [-0.05, 0) is 58.5 Å². The van der Waals surface area contributed by atoms with E-state index >= 15 is 0 Å². The minimum absolute atomic E-state index is 0.162. The van der Waals surface area contributed by atoms with Crippen molar-refractivity contribution in [1.82, 2.24) is 4.72 Å². The van der Waals surface area contributed by atoms with E-state index in [2.05, 4.69) is 16.6 Å². The Hall–Kier alpha value is -1.78. The van der Waals surface area contributed by atoms with Crippen LogP contribution in [0, 0.1) is 9.39 Å². The zero-order valence-corrected chi connectivity index (χ0v) is 16.1. The van der Waals surface area contributed by atoms with E-state index < -0.39 is 15.8 Å². The number of sulfonamides is 1. The molecule has 0 aliphatic heterocycles. The van der Waals surface area contributed by atoms with Gasteiger partial charge in [0.05, 0.1) is 11.3 Å². The van der Waals surface area contributed by atoms with Gasteiger partial charge >= 0.3 is 0 Å². The summed E-state index contributed by atoms with van der Waals surface area (Å²) in [4.78, 5) is 12.2. The average molecular weight is 474 g/mol. The molecule has 0 atom stereocenters. The summed E-state index contributed by atoms with van der Waals surface area (Å²) in [5.74, 6) is -0.931. The van der Waals surface area contributed by atoms with Crippen LogP contribution in [0.3, 0.4) is 0 Å². The molecular weight excluding hydrogens is 458 g/mol. The molecule has 0 radical (unpaired) electrons. The Labute approximate surface area is 159 Å². The molecule has 2 N–H and O–H groups in total. The van der Waals surface area contributed by atoms with Crippen molar-refractivity contribution >= 4 is 44.2 Å². The highest BCUT2D eigenvalue weighted by atomic mass is 127. The van der Waals surface area contributed by atoms with Gasteiger partial charge in [-0.25, -0.2) is 17.5 Å². The lowest BCUT2D eigenvalue weighted by molar-refractivity contribution is 0.102. The van der Waals surface area contributed by atoms with E-state index in [4.69, 9.17) is 0 Å². The van der Waals surface area contributed by atoms with E-state index in [0.29, 0.717) is 20.4 Å². The van der Waals surface area contributed by atoms with Crippen LogP contribution in [0.25, 0.3) is 0 Å². The van der Waals surface area contributed by atoms with Crippen LogP contribution in [0.15, 0.2) is 55.1 Å². The first-order valence-corrected chi connectivity index (χ1v) is 9.97. The van der Waals surface area contributed by atoms with E-state index in [9.17, 15) is 17.6 Å². The van der Waals surface area contributed by atoms with E-state index in [1.807, 2.05) is 22.6 Å². The molecule has 132 valence electrons. The molecule has 0 bridgehead atoms. The van der Waals surface area contributed by atoms with Crippen molar-refractivity contribution in [3.63, 3.8) is 0 Å². The first kappa shape index (κ1) is 19.5. The molecule has 0 fully saturated rings. The fraction of sp³-hybridized carbons (Fsp3) is 0.118. The molecule has 1 amide bonds. The molecule has 5 nitrogen and oxygen atoms in total. The molecule has 0 saturated carbocycles. The Kier molecular flexibility index (Phi) is 6.68. The predicted octanol–water partition coefficient (Wildman–Crippen LogP) is 3.29. The van der Waals surface area contributed by atoms with Crippen LogP contribution in [0.2, 0.25) is 0 Å². The number of amides is 1. The summed E-state index contributed by atoms with van der Waals surface area (Å²) in [6.07, 6.45) is 1.47. The van der Waals surface area contributed by atoms with Gasteiger partial charge in [-0.2, -0.15) is 0 Å². The predicted molar refractivity (Wildman–Crippen MR) is 104 cm³/mol. The fourth-order valence-electron chi connectivity index (χ4n) is 2.01. The lowest BCUT2D eigenvalue weighted by Crippen LogP contribution is -2.25. The maximum Gasteiger partial charge on any atom is 0.256 e. The zero-order valence-electron chi connectivity index (χ0n) is 13.1. The topological polar surface area (TPSA) is 75.3 Å². The van der Waals surface area contributed by atoms with Crippen LogP contribution < -0.4 is 10.0 Å². The molecule has 2 rings (SSSR count). The number of carbonyl (C=O) groups is 1. The van der Waals surface area contributed by atoms with Crippen LogP contribution in [-0.2, 0) is 15.8 Å². The van der Waals surface area contributed by atoms with Gasteiger partial charge in [0.25, 0.3) is 5.91 Å². The van der Waals surface area contributed by atoms with Crippen molar-refractivity contribution in [3.05, 3.63) is 75.6 Å². The van der Waals surface area contributed by atoms with E-state index in [-0.39, 0.29) is 18.2 Å². The minimum atomic E-state index is -3.43. The number of rotatable bonds is 7. The number of hydrogen-bond acceptors (Lipinski definition) is 3. The van der Waals surface area contributed by atoms with Crippen molar-refractivity contribution in [2.45, 2.75) is 5.75 Å². The summed E-state index contributed by atoms with van der Waals surface area (Å²) in [6.45, 7) is 3.63. The second kappa shape index (κ2) is 8.54. The molecule has 2 aromatic rings. The third kappa shape index (κ3) is 5.91. The Balaban J connectivity index is 2.05. The van der Waals surface area contributed by atoms with Crippen molar-refractivity contribution in [2.24, 2.45) is 0 Å². The summed E-state index contributed by atoms with van der Waals surface area (Å²) in [5.41, 5.74) is 1.47. The van der Waals surface area contributed by atoms with Crippen LogP contribution in [0.5, 0.6) is 0 Å². The van der Waals surface area contributed by atoms with E-state index in [1.54, 1.807) is 24.3 Å². The third-order valence-electron chi connectivity index (χ3n) is 3.19. The zero-order chi connectivity index (χ0) is 18.4. The normalized spacial score (nSPS) is 11.1. The summed E-state index contributed by atoms with van der Waals surface area (Å²) >= 11 is 1.89. The van der Waals surface area contributed by atoms with Crippen molar-refractivity contribution in [2.75, 3.05) is 11.9 Å². The summed E-state index contributed by atoms with van der Waals surface area (Å²) < 4.78 is 39.6. The highest BCUT2D eigenvalue weighted by Crippen LogP contribution is 2.17. The molecule has 0 heterocycles. The summed E-state index contributed by atoms with van der Waals surface area (Å²) in [7, 11) is -3.43. The van der Waals surface area contributed by atoms with Crippen LogP contribution in [0.4, 0.5) is 10.1 Å². The molecule has 0 unspecified atom stereocenters. The number of halogens is 2. The van der Waals surface area contributed by atoms with Crippen LogP contribution in [-0.4, -0.2) is 20.9 Å². The van der Waals surface area contributed by atoms with Gasteiger partial charge < -0.3 is 5.32 Å². The van der Waals surface area contributed by atoms with Crippen LogP contribution >= 0.6 is 22.6 Å². The Morgan fingerprint density at radius 3 is 2.48 bits per heavy atom. The molecule has 0 aromatic heterocycles. The van der Waals surface area contributed by atoms with Gasteiger partial charge in [0.15, 0.2) is 0 Å². The molecule has 8 heteroatoms. The molecular formula is C17H16FIN2O3S. The monoisotopic (exact) mass is 474 g/mol. The van der Waals surface area contributed by atoms with Gasteiger partial charge in [0.1, 0.15) is 5.82 Å². The number of hydrogen-bond donors (Lipinski definition) is 2. The highest BCUT2D eigenvalue weighted by Gasteiger charge is 2.12. The maximum atomic E-state index is 13.1. The van der Waals surface area contributed by atoms with Crippen molar-refractivity contribution in [3.8, 4) is 0 Å². The first-order chi connectivity index (χ1) is 11.8. The summed E-state index contributed by atoms with van der Waals surface area (Å²) in [6, 6.07) is 10.4. The first-order valence-electron chi connectivity index (χ1n) is 7.24. The largest absolute Gasteiger partial charge is 0.322 e. The number of benzene rings is 2. The lowest BCUT2D eigenvalue weighted by Gasteiger charge is -2.09. The van der Waals surface area contributed by atoms with Gasteiger partial charge in [-0.1, -0.05) is 18.2 Å². The quantitative estimate of drug-likeness (QED) is 0.478. The van der Waals surface area contributed by atoms with Crippen molar-refractivity contribution in [1.29, 1.82) is 0 Å². The van der Waals surface area contributed by atoms with Gasteiger partial charge in [0.2, 0.25) is 10.0 Å². The third-order valence-corrected chi connectivity index (χ3v) is 5.40. The average Bonchev–Trinajstić information content (AvgIpc) is 2.54. The summed E-state index contributed by atoms with van der Waals surface area (Å²) in [5, 5.41) is 2.70. The molecule has 2 aromatic carbocycles. The van der Waals surface area contributed by atoms with Gasteiger partial charge in [0, 0.05) is 15.8 Å². The Morgan fingerprint density at radius 2 is 1.88 bits per heavy atom. The maximum absolute atomic E-state index is 13.1. The fourth-order valence-corrected chi connectivity index (χ4v) is 3.84. The molecule has 25 heavy (non-hydrogen) atoms. The standard InChI is InChI=1S/C17H16FIN2O3S/c1-2-9-20-25(23,24)11-12-3-6-14(7-4-12)21-17(22)15-8-5-13(18)10-16(15)19/h2-8,10,20H,1,9,11H2,(H,21,22). The Morgan fingerprint density at radius 1 is 1.20 bits per heavy atom. The van der Waals surface area contributed by atoms with Crippen LogP contribution in [0.1, 0.15) is 15.9 Å². The Bertz CT molecular complexity index is 883. The molecule has 0 spiro atoms. The van der Waals surface area contributed by atoms with E-state index in [0.717, 1.165) is 0 Å². The molecule has 0 saturated heterocycles. The minimum Gasteiger partial charge on any atom is -0.322 e. The van der Waals surface area contributed by atoms with Crippen molar-refractivity contribution < 1.29 is 17.6 Å². The van der Waals surface area contributed by atoms with Gasteiger partial charge in [-0.15, -0.1) is 6.58 Å². The second-order valence-electron chi connectivity index (χ2n) is 5.17. The van der Waals surface area contributed by atoms with Gasteiger partial charge in [-0.3, -0.25) is 4.79 Å². The highest BCUT2D eigenvalue weighted by molar-refractivity contribution is 14.1. The molecule has 0 aliphatic carbocycles. The smallest absolute Gasteiger partial charge is 0.256 e. The number of carbonyl (C=O) groups excluding carboxylic acids is 1. The number of anilines is 1. The van der Waals surface area contributed by atoms with E-state index in [1.165, 1.54) is 24.3 Å². The SMILES string of the molecule is C=CCNS(=O)(=O)Cc1ccc(NC(=O)c2ccc(F)cc2I)cc1.